The lowest BCUT2D eigenvalue weighted by Crippen LogP contribution is -2.34. The van der Waals surface area contributed by atoms with Crippen LogP contribution in [0.5, 0.6) is 0 Å². The zero-order valence-electron chi connectivity index (χ0n) is 37.6. The smallest absolute Gasteiger partial charge is 0.159 e. The quantitative estimate of drug-likeness (QED) is 0.157. The zero-order valence-corrected chi connectivity index (χ0v) is 37.6. The maximum absolute atomic E-state index is 6.99. The first-order valence-electron chi connectivity index (χ1n) is 23.5. The molecule has 2 heterocycles. The van der Waals surface area contributed by atoms with E-state index < -0.39 is 11.6 Å². The summed E-state index contributed by atoms with van der Waals surface area (Å²) in [6.07, 6.45) is -0.421. The van der Waals surface area contributed by atoms with E-state index >= 15 is 0 Å². The first kappa shape index (κ1) is 40.2. The van der Waals surface area contributed by atoms with Crippen molar-refractivity contribution < 1.29 is 4.42 Å². The molecule has 69 heavy (non-hydrogen) atoms. The fraction of sp³-hybridized carbons (Fsp3) is 0.0312. The van der Waals surface area contributed by atoms with Crippen LogP contribution in [0.4, 0.5) is 17.1 Å². The molecule has 1 N–H and O–H groups in total. The third-order valence-electron chi connectivity index (χ3n) is 13.8. The van der Waals surface area contributed by atoms with E-state index in [4.69, 9.17) is 14.4 Å². The molecule has 2 aliphatic rings. The maximum Gasteiger partial charge on any atom is 0.159 e. The van der Waals surface area contributed by atoms with E-state index in [1.165, 1.54) is 38.9 Å². The van der Waals surface area contributed by atoms with Crippen LogP contribution in [0, 0.1) is 0 Å². The van der Waals surface area contributed by atoms with Crippen molar-refractivity contribution in [1.29, 1.82) is 0 Å². The summed E-state index contributed by atoms with van der Waals surface area (Å²) >= 11 is 0. The molecule has 0 spiro atoms. The van der Waals surface area contributed by atoms with E-state index in [2.05, 4.69) is 253 Å². The minimum atomic E-state index is -0.563. The molecule has 10 aromatic carbocycles. The molecule has 0 fully saturated rings. The van der Waals surface area contributed by atoms with Crippen LogP contribution in [-0.4, -0.2) is 11.7 Å². The molecule has 0 saturated heterocycles. The van der Waals surface area contributed by atoms with Gasteiger partial charge >= 0.3 is 0 Å². The number of rotatable bonds is 9. The van der Waals surface area contributed by atoms with E-state index in [0.717, 1.165) is 61.3 Å². The fourth-order valence-electron chi connectivity index (χ4n) is 10.7. The lowest BCUT2D eigenvalue weighted by molar-refractivity contribution is 0.659. The Balaban J connectivity index is 1.00. The number of fused-ring (bicyclic) bond motifs is 6. The summed E-state index contributed by atoms with van der Waals surface area (Å²) in [4.78, 5) is 13.2. The molecule has 5 nitrogen and oxygen atoms in total. The van der Waals surface area contributed by atoms with Gasteiger partial charge in [-0.1, -0.05) is 206 Å². The summed E-state index contributed by atoms with van der Waals surface area (Å²) in [7, 11) is 0. The number of furan rings is 1. The van der Waals surface area contributed by atoms with Crippen molar-refractivity contribution in [3.8, 4) is 22.3 Å². The molecule has 13 rings (SSSR count). The van der Waals surface area contributed by atoms with E-state index in [1.54, 1.807) is 0 Å². The van der Waals surface area contributed by atoms with Gasteiger partial charge in [-0.25, -0.2) is 9.98 Å². The van der Waals surface area contributed by atoms with Gasteiger partial charge in [0.1, 0.15) is 23.2 Å². The average molecular weight is 885 g/mol. The van der Waals surface area contributed by atoms with Crippen LogP contribution in [0.2, 0.25) is 0 Å². The van der Waals surface area contributed by atoms with Crippen LogP contribution >= 0.6 is 0 Å². The molecule has 11 aromatic rings. The summed E-state index contributed by atoms with van der Waals surface area (Å²) in [6.45, 7) is 0. The summed E-state index contributed by atoms with van der Waals surface area (Å²) in [5.41, 5.74) is 16.5. The van der Waals surface area contributed by atoms with Crippen molar-refractivity contribution in [2.45, 2.75) is 11.6 Å². The highest BCUT2D eigenvalue weighted by Crippen LogP contribution is 2.56. The monoisotopic (exact) mass is 884 g/mol. The van der Waals surface area contributed by atoms with Crippen LogP contribution in [0.3, 0.4) is 0 Å². The summed E-state index contributed by atoms with van der Waals surface area (Å²) in [5.74, 6) is 1.33. The second-order valence-electron chi connectivity index (χ2n) is 17.7. The van der Waals surface area contributed by atoms with Gasteiger partial charge in [0.25, 0.3) is 0 Å². The second kappa shape index (κ2) is 16.7. The molecule has 1 aliphatic carbocycles. The largest absolute Gasteiger partial charge is 0.455 e. The van der Waals surface area contributed by atoms with Gasteiger partial charge in [0.2, 0.25) is 0 Å². The van der Waals surface area contributed by atoms with Crippen LogP contribution in [0.15, 0.2) is 269 Å². The molecule has 5 heteroatoms. The molecule has 1 unspecified atom stereocenters. The lowest BCUT2D eigenvalue weighted by atomic mass is 9.67. The molecular weight excluding hydrogens is 841 g/mol. The minimum Gasteiger partial charge on any atom is -0.455 e. The van der Waals surface area contributed by atoms with Crippen molar-refractivity contribution in [2.24, 2.45) is 9.98 Å². The van der Waals surface area contributed by atoms with Crippen molar-refractivity contribution in [3.63, 3.8) is 0 Å². The van der Waals surface area contributed by atoms with Crippen LogP contribution in [-0.2, 0) is 5.41 Å². The second-order valence-corrected chi connectivity index (χ2v) is 17.7. The Hall–Kier alpha value is -9.06. The van der Waals surface area contributed by atoms with Gasteiger partial charge in [0.15, 0.2) is 5.84 Å². The Morgan fingerprint density at radius 1 is 0.449 bits per heavy atom. The van der Waals surface area contributed by atoms with Crippen molar-refractivity contribution >= 4 is 50.7 Å². The van der Waals surface area contributed by atoms with Crippen molar-refractivity contribution in [1.82, 2.24) is 5.32 Å². The van der Waals surface area contributed by atoms with Gasteiger partial charge in [-0.3, -0.25) is 0 Å². The molecule has 1 aromatic heterocycles. The summed E-state index contributed by atoms with van der Waals surface area (Å²) < 4.78 is 6.99. The predicted molar refractivity (Wildman–Crippen MR) is 283 cm³/mol. The average Bonchev–Trinajstić information content (AvgIpc) is 3.97. The zero-order chi connectivity index (χ0) is 45.7. The predicted octanol–water partition coefficient (Wildman–Crippen LogP) is 15.6. The minimum absolute atomic E-state index is 0.421. The number of nitrogens with one attached hydrogen (secondary N) is 1. The standard InChI is InChI=1S/C64H44N4O/c1-6-20-43(21-7-1)44-34-37-50(38-35-44)68(49-28-14-5-15-29-49)57-41-40-54(60-59(57)53-31-17-19-33-58(53)69-60)63-66-61(45-22-8-2-9-23-45)65-62(67-63)46-36-39-52-51-30-16-18-32-55(51)64(56(52)42-46,47-24-10-3-11-25-47)48-26-12-4-13-27-48/h1-42,61H,(H,65,66,67). The van der Waals surface area contributed by atoms with Crippen LogP contribution in [0.25, 0.3) is 44.2 Å². The highest BCUT2D eigenvalue weighted by atomic mass is 16.3. The van der Waals surface area contributed by atoms with Gasteiger partial charge < -0.3 is 14.6 Å². The number of nitrogens with zero attached hydrogens (tertiary/aromatic N) is 3. The summed E-state index contributed by atoms with van der Waals surface area (Å²) in [6, 6.07) is 90.4. The number of para-hydroxylation sites is 2. The SMILES string of the molecule is c1ccc(-c2ccc(N(c3ccccc3)c3ccc(C4=NC(c5ccc6c(c5)C(c5ccccc5)(c5ccccc5)c5ccccc5-6)=NC(c5ccccc5)N4)c4oc5ccccc5c34)cc2)cc1. The fourth-order valence-corrected chi connectivity index (χ4v) is 10.7. The van der Waals surface area contributed by atoms with E-state index in [-0.39, 0.29) is 0 Å². The van der Waals surface area contributed by atoms with Crippen molar-refractivity contribution in [3.05, 3.63) is 294 Å². The first-order valence-corrected chi connectivity index (χ1v) is 23.5. The van der Waals surface area contributed by atoms with E-state index in [1.807, 2.05) is 12.1 Å². The first-order chi connectivity index (χ1) is 34.2. The van der Waals surface area contributed by atoms with Crippen LogP contribution < -0.4 is 10.2 Å². The molecular formula is C64H44N4O. The molecule has 326 valence electrons. The molecule has 1 atom stereocenters. The van der Waals surface area contributed by atoms with E-state index in [0.29, 0.717) is 11.7 Å². The highest BCUT2D eigenvalue weighted by molar-refractivity contribution is 6.22. The third-order valence-corrected chi connectivity index (χ3v) is 13.8. The van der Waals surface area contributed by atoms with Gasteiger partial charge in [-0.15, -0.1) is 0 Å². The molecule has 0 radical (unpaired) electrons. The Morgan fingerprint density at radius 2 is 1.00 bits per heavy atom. The number of amidine groups is 2. The Labute approximate surface area is 401 Å². The third kappa shape index (κ3) is 6.70. The van der Waals surface area contributed by atoms with Crippen molar-refractivity contribution in [2.75, 3.05) is 4.90 Å². The lowest BCUT2D eigenvalue weighted by Gasteiger charge is -2.34. The number of anilines is 3. The normalized spacial score (nSPS) is 14.6. The molecule has 0 bridgehead atoms. The topological polar surface area (TPSA) is 53.1 Å². The highest BCUT2D eigenvalue weighted by Gasteiger charge is 2.46. The number of hydrogen-bond donors (Lipinski definition) is 1. The van der Waals surface area contributed by atoms with E-state index in [9.17, 15) is 0 Å². The van der Waals surface area contributed by atoms with Gasteiger partial charge in [0.05, 0.1) is 22.1 Å². The number of benzene rings is 10. The van der Waals surface area contributed by atoms with Crippen LogP contribution in [0.1, 0.15) is 45.1 Å². The van der Waals surface area contributed by atoms with Gasteiger partial charge in [-0.2, -0.15) is 0 Å². The Bertz CT molecular complexity index is 3700. The summed E-state index contributed by atoms with van der Waals surface area (Å²) in [5, 5.41) is 5.80. The van der Waals surface area contributed by atoms with Gasteiger partial charge in [0, 0.05) is 22.3 Å². The Morgan fingerprint density at radius 3 is 1.72 bits per heavy atom. The molecule has 1 aliphatic heterocycles. The number of aliphatic imine (C=N–C) groups is 2. The molecule has 0 amide bonds. The molecule has 0 saturated carbocycles. The maximum atomic E-state index is 6.99. The Kier molecular flexibility index (Phi) is 9.72. The van der Waals surface area contributed by atoms with Gasteiger partial charge in [-0.05, 0) is 98.6 Å². The number of hydrogen-bond acceptors (Lipinski definition) is 5.